The van der Waals surface area contributed by atoms with Crippen molar-refractivity contribution in [2.75, 3.05) is 31.6 Å². The van der Waals surface area contributed by atoms with E-state index in [0.717, 1.165) is 25.9 Å². The molecule has 0 spiro atoms. The average molecular weight is 264 g/mol. The molecule has 1 aromatic heterocycles. The third-order valence-corrected chi connectivity index (χ3v) is 3.35. The predicted octanol–water partition coefficient (Wildman–Crippen LogP) is 0.753. The Bertz CT molecular complexity index is 421. The molecule has 0 bridgehead atoms. The first-order valence-electron chi connectivity index (χ1n) is 6.72. The van der Waals surface area contributed by atoms with Gasteiger partial charge in [-0.25, -0.2) is 0 Å². The highest BCUT2D eigenvalue weighted by Gasteiger charge is 2.27. The van der Waals surface area contributed by atoms with E-state index in [9.17, 15) is 4.79 Å². The molecule has 1 aliphatic heterocycles. The molecule has 2 N–H and O–H groups in total. The smallest absolute Gasteiger partial charge is 0.274 e. The molecule has 1 aliphatic rings. The number of likely N-dealkylation sites (tertiary alicyclic amines) is 1. The van der Waals surface area contributed by atoms with Crippen molar-refractivity contribution in [2.45, 2.75) is 19.8 Å². The van der Waals surface area contributed by atoms with Gasteiger partial charge in [0, 0.05) is 26.2 Å². The maximum atomic E-state index is 12.2. The van der Waals surface area contributed by atoms with Crippen molar-refractivity contribution >= 4 is 11.7 Å². The summed E-state index contributed by atoms with van der Waals surface area (Å²) >= 11 is 0. The number of carbonyl (C=O) groups is 1. The van der Waals surface area contributed by atoms with Gasteiger partial charge in [-0.1, -0.05) is 0 Å². The second-order valence-corrected chi connectivity index (χ2v) is 4.75. The second-order valence-electron chi connectivity index (χ2n) is 4.75. The van der Waals surface area contributed by atoms with Gasteiger partial charge in [0.1, 0.15) is 5.82 Å². The van der Waals surface area contributed by atoms with Crippen LogP contribution in [0.4, 0.5) is 5.82 Å². The minimum atomic E-state index is -0.0732. The molecule has 2 heterocycles. The average Bonchev–Trinajstić information content (AvgIpc) is 2.88. The van der Waals surface area contributed by atoms with Gasteiger partial charge in [0.2, 0.25) is 0 Å². The maximum absolute atomic E-state index is 12.2. The van der Waals surface area contributed by atoms with E-state index in [1.54, 1.807) is 17.0 Å². The van der Waals surface area contributed by atoms with Crippen molar-refractivity contribution in [3.63, 3.8) is 0 Å². The molecule has 6 heteroatoms. The highest BCUT2D eigenvalue weighted by molar-refractivity contribution is 5.92. The summed E-state index contributed by atoms with van der Waals surface area (Å²) < 4.78 is 0. The van der Waals surface area contributed by atoms with Crippen LogP contribution in [0.2, 0.25) is 0 Å². The number of aliphatic hydroxyl groups excluding tert-OH is 1. The summed E-state index contributed by atoms with van der Waals surface area (Å²) in [5.41, 5.74) is 0.381. The van der Waals surface area contributed by atoms with Crippen LogP contribution in [0, 0.1) is 5.92 Å². The van der Waals surface area contributed by atoms with Gasteiger partial charge in [-0.05, 0) is 37.8 Å². The summed E-state index contributed by atoms with van der Waals surface area (Å²) in [5, 5.41) is 19.9. The fourth-order valence-electron chi connectivity index (χ4n) is 2.32. The topological polar surface area (TPSA) is 78.4 Å². The van der Waals surface area contributed by atoms with Gasteiger partial charge in [0.05, 0.1) is 0 Å². The van der Waals surface area contributed by atoms with Crippen LogP contribution in [0.25, 0.3) is 0 Å². The van der Waals surface area contributed by atoms with Gasteiger partial charge in [0.15, 0.2) is 5.69 Å². The third kappa shape index (κ3) is 3.41. The molecule has 6 nitrogen and oxygen atoms in total. The standard InChI is InChI=1S/C13H20N4O2/c1-2-14-12-4-3-11(15-16-12)13(19)17-7-5-10(9-17)6-8-18/h3-4,10,18H,2,5-9H2,1H3,(H,14,16). The van der Waals surface area contributed by atoms with Gasteiger partial charge >= 0.3 is 0 Å². The Morgan fingerprint density at radius 1 is 1.53 bits per heavy atom. The minimum absolute atomic E-state index is 0.0732. The summed E-state index contributed by atoms with van der Waals surface area (Å²) in [4.78, 5) is 14.0. The fourth-order valence-corrected chi connectivity index (χ4v) is 2.32. The zero-order valence-corrected chi connectivity index (χ0v) is 11.2. The lowest BCUT2D eigenvalue weighted by Gasteiger charge is -2.15. The summed E-state index contributed by atoms with van der Waals surface area (Å²) in [6.07, 6.45) is 1.71. The number of aliphatic hydroxyl groups is 1. The lowest BCUT2D eigenvalue weighted by molar-refractivity contribution is 0.0778. The summed E-state index contributed by atoms with van der Waals surface area (Å²) in [6, 6.07) is 3.47. The monoisotopic (exact) mass is 264 g/mol. The lowest BCUT2D eigenvalue weighted by Crippen LogP contribution is -2.29. The number of aromatic nitrogens is 2. The zero-order chi connectivity index (χ0) is 13.7. The summed E-state index contributed by atoms with van der Waals surface area (Å²) in [7, 11) is 0. The van der Waals surface area contributed by atoms with Crippen molar-refractivity contribution < 1.29 is 9.90 Å². The van der Waals surface area contributed by atoms with E-state index in [2.05, 4.69) is 15.5 Å². The van der Waals surface area contributed by atoms with E-state index in [1.165, 1.54) is 0 Å². The Hall–Kier alpha value is -1.69. The molecular formula is C13H20N4O2. The van der Waals surface area contributed by atoms with Gasteiger partial charge in [-0.3, -0.25) is 4.79 Å². The first kappa shape index (κ1) is 13.7. The first-order valence-corrected chi connectivity index (χ1v) is 6.72. The number of nitrogens with zero attached hydrogens (tertiary/aromatic N) is 3. The SMILES string of the molecule is CCNc1ccc(C(=O)N2CCC(CCO)C2)nn1. The number of amides is 1. The number of nitrogens with one attached hydrogen (secondary N) is 1. The molecule has 1 fully saturated rings. The largest absolute Gasteiger partial charge is 0.396 e. The van der Waals surface area contributed by atoms with Crippen LogP contribution in [0.3, 0.4) is 0 Å². The normalized spacial score (nSPS) is 18.6. The molecule has 0 saturated carbocycles. The fraction of sp³-hybridized carbons (Fsp3) is 0.615. The molecule has 0 aromatic carbocycles. The van der Waals surface area contributed by atoms with E-state index in [4.69, 9.17) is 5.11 Å². The number of hydrogen-bond acceptors (Lipinski definition) is 5. The molecule has 104 valence electrons. The molecular weight excluding hydrogens is 244 g/mol. The molecule has 1 saturated heterocycles. The van der Waals surface area contributed by atoms with E-state index in [-0.39, 0.29) is 12.5 Å². The molecule has 1 atom stereocenters. The highest BCUT2D eigenvalue weighted by Crippen LogP contribution is 2.20. The van der Waals surface area contributed by atoms with Gasteiger partial charge in [-0.2, -0.15) is 0 Å². The van der Waals surface area contributed by atoms with E-state index in [1.807, 2.05) is 6.92 Å². The van der Waals surface area contributed by atoms with Crippen LogP contribution in [-0.4, -0.2) is 52.4 Å². The number of carbonyl (C=O) groups excluding carboxylic acids is 1. The van der Waals surface area contributed by atoms with E-state index >= 15 is 0 Å². The molecule has 19 heavy (non-hydrogen) atoms. The van der Waals surface area contributed by atoms with Crippen LogP contribution < -0.4 is 5.32 Å². The van der Waals surface area contributed by atoms with Crippen molar-refractivity contribution in [1.82, 2.24) is 15.1 Å². The van der Waals surface area contributed by atoms with Crippen LogP contribution in [-0.2, 0) is 0 Å². The Balaban J connectivity index is 1.96. The Labute approximate surface area is 112 Å². The Morgan fingerprint density at radius 3 is 3.00 bits per heavy atom. The highest BCUT2D eigenvalue weighted by atomic mass is 16.3. The Morgan fingerprint density at radius 2 is 2.37 bits per heavy atom. The summed E-state index contributed by atoms with van der Waals surface area (Å²) in [5.74, 6) is 1.01. The molecule has 1 aromatic rings. The Kier molecular flexibility index (Phi) is 4.68. The maximum Gasteiger partial charge on any atom is 0.274 e. The lowest BCUT2D eigenvalue weighted by atomic mass is 10.1. The van der Waals surface area contributed by atoms with Crippen LogP contribution in [0.1, 0.15) is 30.3 Å². The van der Waals surface area contributed by atoms with E-state index < -0.39 is 0 Å². The molecule has 2 rings (SSSR count). The molecule has 0 aliphatic carbocycles. The van der Waals surface area contributed by atoms with Gasteiger partial charge in [-0.15, -0.1) is 10.2 Å². The van der Waals surface area contributed by atoms with E-state index in [0.29, 0.717) is 24.0 Å². The summed E-state index contributed by atoms with van der Waals surface area (Å²) in [6.45, 7) is 4.38. The number of hydrogen-bond donors (Lipinski definition) is 2. The van der Waals surface area contributed by atoms with Crippen molar-refractivity contribution in [3.05, 3.63) is 17.8 Å². The third-order valence-electron chi connectivity index (χ3n) is 3.35. The minimum Gasteiger partial charge on any atom is -0.396 e. The second kappa shape index (κ2) is 6.47. The van der Waals surface area contributed by atoms with Crippen molar-refractivity contribution in [1.29, 1.82) is 0 Å². The molecule has 1 amide bonds. The first-order chi connectivity index (χ1) is 9.24. The quantitative estimate of drug-likeness (QED) is 0.820. The van der Waals surface area contributed by atoms with Crippen molar-refractivity contribution in [3.8, 4) is 0 Å². The van der Waals surface area contributed by atoms with Gasteiger partial charge in [0.25, 0.3) is 5.91 Å². The molecule has 0 radical (unpaired) electrons. The van der Waals surface area contributed by atoms with Crippen LogP contribution in [0.5, 0.6) is 0 Å². The number of rotatable bonds is 5. The van der Waals surface area contributed by atoms with Crippen LogP contribution >= 0.6 is 0 Å². The number of anilines is 1. The zero-order valence-electron chi connectivity index (χ0n) is 11.2. The van der Waals surface area contributed by atoms with Crippen LogP contribution in [0.15, 0.2) is 12.1 Å². The molecule has 1 unspecified atom stereocenters. The van der Waals surface area contributed by atoms with Crippen molar-refractivity contribution in [2.24, 2.45) is 5.92 Å². The van der Waals surface area contributed by atoms with Gasteiger partial charge < -0.3 is 15.3 Å². The predicted molar refractivity (Wildman–Crippen MR) is 71.9 cm³/mol.